The van der Waals surface area contributed by atoms with E-state index in [4.69, 9.17) is 5.73 Å². The first kappa shape index (κ1) is 10.3. The van der Waals surface area contributed by atoms with Crippen LogP contribution in [0.2, 0.25) is 0 Å². The fraction of sp³-hybridized carbons (Fsp3) is 0.250. The third kappa shape index (κ3) is 1.36. The first-order valence-electron chi connectivity index (χ1n) is 5.39. The van der Waals surface area contributed by atoms with Crippen molar-refractivity contribution in [2.24, 2.45) is 5.73 Å². The van der Waals surface area contributed by atoms with Crippen LogP contribution in [0, 0.1) is 5.82 Å². The number of nitrogens with two attached hydrogens (primary N) is 1. The number of likely N-dealkylation sites (N-methyl/N-ethyl adjacent to an activating group) is 1. The Bertz CT molecular complexity index is 619. The number of benzene rings is 1. The van der Waals surface area contributed by atoms with Crippen LogP contribution in [0.15, 0.2) is 24.4 Å². The molecule has 0 bridgehead atoms. The van der Waals surface area contributed by atoms with Gasteiger partial charge in [0.25, 0.3) is 0 Å². The van der Waals surface area contributed by atoms with E-state index in [-0.39, 0.29) is 11.7 Å². The third-order valence-corrected chi connectivity index (χ3v) is 3.21. The molecule has 0 aliphatic carbocycles. The Balaban J connectivity index is 2.37. The highest BCUT2D eigenvalue weighted by molar-refractivity contribution is 6.05. The normalized spacial score (nSPS) is 19.8. The molecule has 3 rings (SSSR count). The van der Waals surface area contributed by atoms with Gasteiger partial charge in [-0.25, -0.2) is 4.39 Å². The molecule has 0 saturated heterocycles. The smallest absolute Gasteiger partial charge is 0.245 e. The lowest BCUT2D eigenvalue weighted by atomic mass is 10.2. The van der Waals surface area contributed by atoms with E-state index in [1.54, 1.807) is 7.05 Å². The van der Waals surface area contributed by atoms with Crippen LogP contribution in [-0.2, 0) is 11.3 Å². The van der Waals surface area contributed by atoms with Gasteiger partial charge in [-0.3, -0.25) is 4.79 Å². The minimum Gasteiger partial charge on any atom is -0.344 e. The second-order valence-corrected chi connectivity index (χ2v) is 4.33. The quantitative estimate of drug-likeness (QED) is 0.740. The van der Waals surface area contributed by atoms with Gasteiger partial charge < -0.3 is 15.2 Å². The zero-order valence-electron chi connectivity index (χ0n) is 9.35. The molecule has 88 valence electrons. The monoisotopic (exact) mass is 233 g/mol. The van der Waals surface area contributed by atoms with E-state index >= 15 is 0 Å². The van der Waals surface area contributed by atoms with E-state index in [1.807, 2.05) is 16.8 Å². The summed E-state index contributed by atoms with van der Waals surface area (Å²) < 4.78 is 15.4. The van der Waals surface area contributed by atoms with Crippen LogP contribution in [0.4, 0.5) is 10.1 Å². The van der Waals surface area contributed by atoms with Crippen LogP contribution in [-0.4, -0.2) is 23.6 Å². The largest absolute Gasteiger partial charge is 0.344 e. The van der Waals surface area contributed by atoms with Crippen LogP contribution in [0.5, 0.6) is 0 Å². The van der Waals surface area contributed by atoms with Gasteiger partial charge in [-0.05, 0) is 18.2 Å². The maximum absolute atomic E-state index is 13.5. The summed E-state index contributed by atoms with van der Waals surface area (Å²) in [6, 6.07) is 4.07. The molecule has 5 heteroatoms. The number of hydrogen-bond donors (Lipinski definition) is 1. The molecule has 1 aromatic carbocycles. The number of rotatable bonds is 0. The van der Waals surface area contributed by atoms with Crippen LogP contribution >= 0.6 is 0 Å². The van der Waals surface area contributed by atoms with E-state index < -0.39 is 6.04 Å². The highest BCUT2D eigenvalue weighted by atomic mass is 19.1. The third-order valence-electron chi connectivity index (χ3n) is 3.21. The van der Waals surface area contributed by atoms with Crippen molar-refractivity contribution in [3.05, 3.63) is 30.2 Å². The highest BCUT2D eigenvalue weighted by Gasteiger charge is 2.26. The number of hydrogen-bond acceptors (Lipinski definition) is 2. The Hall–Kier alpha value is -1.88. The predicted octanol–water partition coefficient (Wildman–Crippen LogP) is 1.08. The summed E-state index contributed by atoms with van der Waals surface area (Å²) >= 11 is 0. The van der Waals surface area contributed by atoms with Crippen molar-refractivity contribution >= 4 is 22.5 Å². The summed E-state index contributed by atoms with van der Waals surface area (Å²) in [5.41, 5.74) is 7.24. The predicted molar refractivity (Wildman–Crippen MR) is 63.3 cm³/mol. The summed E-state index contributed by atoms with van der Waals surface area (Å²) in [6.45, 7) is 0.422. The van der Waals surface area contributed by atoms with Crippen LogP contribution in [0.3, 0.4) is 0 Å². The number of carbonyl (C=O) groups is 1. The summed E-state index contributed by atoms with van der Waals surface area (Å²) in [6.07, 6.45) is 1.83. The second kappa shape index (κ2) is 3.30. The molecule has 2 heterocycles. The molecule has 1 aliphatic heterocycles. The zero-order valence-corrected chi connectivity index (χ0v) is 9.35. The van der Waals surface area contributed by atoms with Gasteiger partial charge in [-0.2, -0.15) is 0 Å². The minimum atomic E-state index is -0.592. The van der Waals surface area contributed by atoms with Crippen molar-refractivity contribution in [1.82, 2.24) is 4.57 Å². The molecule has 1 aromatic heterocycles. The molecule has 0 spiro atoms. The maximum Gasteiger partial charge on any atom is 0.245 e. The van der Waals surface area contributed by atoms with Gasteiger partial charge in [0.1, 0.15) is 11.9 Å². The number of halogens is 1. The Morgan fingerprint density at radius 3 is 3.00 bits per heavy atom. The molecular weight excluding hydrogens is 221 g/mol. The Morgan fingerprint density at radius 1 is 1.47 bits per heavy atom. The standard InChI is InChI=1S/C12H12FN3O/c1-15-10-5-8(13)4-7-2-3-16(11(7)10)6-9(14)12(15)17/h2-5,9H,6,14H2,1H3. The molecule has 0 fully saturated rings. The number of nitrogens with zero attached hydrogens (tertiary/aromatic N) is 2. The molecule has 1 aliphatic rings. The van der Waals surface area contributed by atoms with Crippen LogP contribution < -0.4 is 10.6 Å². The molecule has 2 N–H and O–H groups in total. The lowest BCUT2D eigenvalue weighted by molar-refractivity contribution is -0.119. The Labute approximate surface area is 97.4 Å². The minimum absolute atomic E-state index is 0.194. The number of amides is 1. The van der Waals surface area contributed by atoms with Gasteiger partial charge in [0.15, 0.2) is 0 Å². The van der Waals surface area contributed by atoms with Crippen LogP contribution in [0.25, 0.3) is 10.9 Å². The molecule has 2 aromatic rings. The van der Waals surface area contributed by atoms with Crippen molar-refractivity contribution < 1.29 is 9.18 Å². The van der Waals surface area contributed by atoms with Gasteiger partial charge >= 0.3 is 0 Å². The van der Waals surface area contributed by atoms with Crippen molar-refractivity contribution in [3.63, 3.8) is 0 Å². The Kier molecular flexibility index (Phi) is 2.00. The summed E-state index contributed by atoms with van der Waals surface area (Å²) in [4.78, 5) is 13.4. The summed E-state index contributed by atoms with van der Waals surface area (Å²) in [5.74, 6) is -0.541. The van der Waals surface area contributed by atoms with E-state index in [9.17, 15) is 9.18 Å². The van der Waals surface area contributed by atoms with E-state index in [1.165, 1.54) is 17.0 Å². The zero-order chi connectivity index (χ0) is 12.2. The van der Waals surface area contributed by atoms with Gasteiger partial charge in [-0.15, -0.1) is 0 Å². The molecule has 0 saturated carbocycles. The topological polar surface area (TPSA) is 51.3 Å². The van der Waals surface area contributed by atoms with Gasteiger partial charge in [0.05, 0.1) is 11.2 Å². The molecule has 0 radical (unpaired) electrons. The van der Waals surface area contributed by atoms with E-state index in [0.717, 1.165) is 10.9 Å². The molecule has 4 nitrogen and oxygen atoms in total. The average Bonchev–Trinajstić information content (AvgIpc) is 2.65. The highest BCUT2D eigenvalue weighted by Crippen LogP contribution is 2.31. The second-order valence-electron chi connectivity index (χ2n) is 4.33. The fourth-order valence-electron chi connectivity index (χ4n) is 2.36. The summed E-state index contributed by atoms with van der Waals surface area (Å²) in [7, 11) is 1.62. The van der Waals surface area contributed by atoms with Gasteiger partial charge in [-0.1, -0.05) is 0 Å². The Morgan fingerprint density at radius 2 is 2.24 bits per heavy atom. The van der Waals surface area contributed by atoms with Crippen molar-refractivity contribution in [2.75, 3.05) is 11.9 Å². The van der Waals surface area contributed by atoms with Gasteiger partial charge in [0, 0.05) is 25.2 Å². The fourth-order valence-corrected chi connectivity index (χ4v) is 2.36. The maximum atomic E-state index is 13.5. The molecule has 1 amide bonds. The van der Waals surface area contributed by atoms with Gasteiger partial charge in [0.2, 0.25) is 5.91 Å². The lowest BCUT2D eigenvalue weighted by Gasteiger charge is -2.18. The summed E-state index contributed by atoms with van der Waals surface area (Å²) in [5, 5.41) is 0.786. The first-order valence-corrected chi connectivity index (χ1v) is 5.39. The lowest BCUT2D eigenvalue weighted by Crippen LogP contribution is -2.42. The molecule has 1 unspecified atom stereocenters. The number of aromatic nitrogens is 1. The van der Waals surface area contributed by atoms with E-state index in [2.05, 4.69) is 0 Å². The molecule has 1 atom stereocenters. The number of anilines is 1. The van der Waals surface area contributed by atoms with Crippen molar-refractivity contribution in [3.8, 4) is 0 Å². The van der Waals surface area contributed by atoms with E-state index in [0.29, 0.717) is 12.2 Å². The van der Waals surface area contributed by atoms with Crippen LogP contribution in [0.1, 0.15) is 0 Å². The van der Waals surface area contributed by atoms with Crippen molar-refractivity contribution in [2.45, 2.75) is 12.6 Å². The average molecular weight is 233 g/mol. The first-order chi connectivity index (χ1) is 8.08. The van der Waals surface area contributed by atoms with Crippen molar-refractivity contribution in [1.29, 1.82) is 0 Å². The SMILES string of the molecule is CN1C(=O)C(N)Cn2ccc3cc(F)cc1c32. The number of carbonyl (C=O) groups excluding carboxylic acids is 1. The molecule has 17 heavy (non-hydrogen) atoms. The molecular formula is C12H12FN3O.